The number of aliphatic carboxylic acids is 1. The van der Waals surface area contributed by atoms with Gasteiger partial charge in [-0.05, 0) is 23.8 Å². The van der Waals surface area contributed by atoms with Gasteiger partial charge in [-0.1, -0.05) is 30.3 Å². The Kier molecular flexibility index (Phi) is 4.15. The largest absolute Gasteiger partial charge is 0.481 e. The van der Waals surface area contributed by atoms with Crippen molar-refractivity contribution in [3.63, 3.8) is 0 Å². The van der Waals surface area contributed by atoms with Crippen LogP contribution in [0.5, 0.6) is 11.5 Å². The summed E-state index contributed by atoms with van der Waals surface area (Å²) in [5, 5.41) is 17.9. The molecule has 0 atom stereocenters. The molecular formula is C15H14O4. The SMILES string of the molecule is O=C(O)Cc1ccccc1Oc1cccc(CO)c1. The van der Waals surface area contributed by atoms with Crippen LogP contribution in [0.15, 0.2) is 48.5 Å². The Morgan fingerprint density at radius 2 is 1.89 bits per heavy atom. The smallest absolute Gasteiger partial charge is 0.307 e. The number of benzene rings is 2. The molecule has 0 aliphatic heterocycles. The van der Waals surface area contributed by atoms with Gasteiger partial charge in [0, 0.05) is 5.56 Å². The second kappa shape index (κ2) is 6.02. The molecule has 2 aromatic rings. The molecule has 0 unspecified atom stereocenters. The predicted molar refractivity (Wildman–Crippen MR) is 70.2 cm³/mol. The van der Waals surface area contributed by atoms with Gasteiger partial charge in [0.25, 0.3) is 0 Å². The minimum absolute atomic E-state index is 0.0615. The summed E-state index contributed by atoms with van der Waals surface area (Å²) in [5.74, 6) is 0.185. The number of carbonyl (C=O) groups is 1. The maximum atomic E-state index is 10.8. The van der Waals surface area contributed by atoms with Gasteiger partial charge in [0.15, 0.2) is 0 Å². The molecule has 0 spiro atoms. The molecule has 2 rings (SSSR count). The Bertz CT molecular complexity index is 578. The number of hydrogen-bond donors (Lipinski definition) is 2. The van der Waals surface area contributed by atoms with Crippen molar-refractivity contribution >= 4 is 5.97 Å². The fraction of sp³-hybridized carbons (Fsp3) is 0.133. The molecule has 0 amide bonds. The molecule has 0 heterocycles. The molecule has 0 saturated carbocycles. The Hall–Kier alpha value is -2.33. The molecule has 4 heteroatoms. The van der Waals surface area contributed by atoms with E-state index in [-0.39, 0.29) is 13.0 Å². The van der Waals surface area contributed by atoms with Crippen LogP contribution in [0.3, 0.4) is 0 Å². The average Bonchev–Trinajstić information content (AvgIpc) is 2.41. The fourth-order valence-electron chi connectivity index (χ4n) is 1.75. The number of aliphatic hydroxyl groups excluding tert-OH is 1. The highest BCUT2D eigenvalue weighted by molar-refractivity contribution is 5.71. The van der Waals surface area contributed by atoms with Crippen LogP contribution < -0.4 is 4.74 Å². The summed E-state index contributed by atoms with van der Waals surface area (Å²) in [4.78, 5) is 10.8. The van der Waals surface area contributed by atoms with Crippen LogP contribution in [0, 0.1) is 0 Å². The Balaban J connectivity index is 2.24. The summed E-state index contributed by atoms with van der Waals surface area (Å²) in [6.07, 6.45) is -0.0874. The van der Waals surface area contributed by atoms with Gasteiger partial charge in [0.2, 0.25) is 0 Å². The molecule has 2 N–H and O–H groups in total. The summed E-state index contributed by atoms with van der Waals surface area (Å²) in [6.45, 7) is -0.0615. The molecule has 0 bridgehead atoms. The van der Waals surface area contributed by atoms with E-state index in [1.165, 1.54) is 0 Å². The monoisotopic (exact) mass is 258 g/mol. The van der Waals surface area contributed by atoms with E-state index in [4.69, 9.17) is 14.9 Å². The van der Waals surface area contributed by atoms with Gasteiger partial charge in [-0.25, -0.2) is 0 Å². The molecule has 0 aromatic heterocycles. The van der Waals surface area contributed by atoms with Crippen LogP contribution in [-0.4, -0.2) is 16.2 Å². The quantitative estimate of drug-likeness (QED) is 0.865. The summed E-state index contributed by atoms with van der Waals surface area (Å²) in [7, 11) is 0. The highest BCUT2D eigenvalue weighted by atomic mass is 16.5. The maximum absolute atomic E-state index is 10.8. The highest BCUT2D eigenvalue weighted by Crippen LogP contribution is 2.26. The lowest BCUT2D eigenvalue weighted by Gasteiger charge is -2.10. The number of carboxylic acid groups (broad SMARTS) is 1. The first-order valence-corrected chi connectivity index (χ1v) is 5.86. The van der Waals surface area contributed by atoms with Crippen molar-refractivity contribution in [1.29, 1.82) is 0 Å². The van der Waals surface area contributed by atoms with Crippen LogP contribution in [0.25, 0.3) is 0 Å². The lowest BCUT2D eigenvalue weighted by molar-refractivity contribution is -0.136. The number of aliphatic hydroxyl groups is 1. The number of hydrogen-bond acceptors (Lipinski definition) is 3. The van der Waals surface area contributed by atoms with Crippen LogP contribution in [0.2, 0.25) is 0 Å². The zero-order valence-electron chi connectivity index (χ0n) is 10.2. The van der Waals surface area contributed by atoms with Crippen molar-refractivity contribution in [2.24, 2.45) is 0 Å². The molecular weight excluding hydrogens is 244 g/mol. The average molecular weight is 258 g/mol. The first-order valence-electron chi connectivity index (χ1n) is 5.86. The zero-order valence-corrected chi connectivity index (χ0v) is 10.2. The van der Waals surface area contributed by atoms with Gasteiger partial charge < -0.3 is 14.9 Å². The summed E-state index contributed by atoms with van der Waals surface area (Å²) in [6, 6.07) is 14.1. The van der Waals surface area contributed by atoms with E-state index in [1.807, 2.05) is 0 Å². The molecule has 19 heavy (non-hydrogen) atoms. The van der Waals surface area contributed by atoms with Gasteiger partial charge in [-0.15, -0.1) is 0 Å². The molecule has 0 fully saturated rings. The lowest BCUT2D eigenvalue weighted by Crippen LogP contribution is -2.01. The first-order chi connectivity index (χ1) is 9.19. The Labute approximate surface area is 110 Å². The minimum atomic E-state index is -0.903. The van der Waals surface area contributed by atoms with E-state index in [1.54, 1.807) is 48.5 Å². The molecule has 0 saturated heterocycles. The number of ether oxygens (including phenoxy) is 1. The van der Waals surface area contributed by atoms with Crippen LogP contribution in [0.1, 0.15) is 11.1 Å². The third-order valence-electron chi connectivity index (χ3n) is 2.62. The Morgan fingerprint density at radius 3 is 2.63 bits per heavy atom. The molecule has 0 aliphatic carbocycles. The van der Waals surface area contributed by atoms with Gasteiger partial charge >= 0.3 is 5.97 Å². The standard InChI is InChI=1S/C15H14O4/c16-10-11-4-3-6-13(8-11)19-14-7-2-1-5-12(14)9-15(17)18/h1-8,16H,9-10H2,(H,17,18). The van der Waals surface area contributed by atoms with Crippen molar-refractivity contribution < 1.29 is 19.7 Å². The van der Waals surface area contributed by atoms with Gasteiger partial charge in [-0.2, -0.15) is 0 Å². The van der Waals surface area contributed by atoms with Crippen LogP contribution >= 0.6 is 0 Å². The fourth-order valence-corrected chi connectivity index (χ4v) is 1.75. The van der Waals surface area contributed by atoms with Crippen molar-refractivity contribution in [1.82, 2.24) is 0 Å². The van der Waals surface area contributed by atoms with E-state index in [2.05, 4.69) is 0 Å². The van der Waals surface area contributed by atoms with Gasteiger partial charge in [-0.3, -0.25) is 4.79 Å². The van der Waals surface area contributed by atoms with E-state index in [9.17, 15) is 4.79 Å². The summed E-state index contributed by atoms with van der Waals surface area (Å²) >= 11 is 0. The van der Waals surface area contributed by atoms with E-state index >= 15 is 0 Å². The van der Waals surface area contributed by atoms with E-state index in [0.717, 1.165) is 5.56 Å². The molecule has 0 radical (unpaired) electrons. The number of carboxylic acids is 1. The predicted octanol–water partition coefficient (Wildman–Crippen LogP) is 2.60. The second-order valence-electron chi connectivity index (χ2n) is 4.09. The maximum Gasteiger partial charge on any atom is 0.307 e. The topological polar surface area (TPSA) is 66.8 Å². The first kappa shape index (κ1) is 13.1. The Morgan fingerprint density at radius 1 is 1.11 bits per heavy atom. The van der Waals surface area contributed by atoms with E-state index in [0.29, 0.717) is 17.1 Å². The van der Waals surface area contributed by atoms with Crippen molar-refractivity contribution in [2.45, 2.75) is 13.0 Å². The zero-order chi connectivity index (χ0) is 13.7. The van der Waals surface area contributed by atoms with Crippen molar-refractivity contribution in [3.8, 4) is 11.5 Å². The van der Waals surface area contributed by atoms with Crippen molar-refractivity contribution in [3.05, 3.63) is 59.7 Å². The van der Waals surface area contributed by atoms with Crippen molar-refractivity contribution in [2.75, 3.05) is 0 Å². The van der Waals surface area contributed by atoms with Gasteiger partial charge in [0.1, 0.15) is 11.5 Å². The number of rotatable bonds is 5. The van der Waals surface area contributed by atoms with E-state index < -0.39 is 5.97 Å². The van der Waals surface area contributed by atoms with Crippen LogP contribution in [-0.2, 0) is 17.8 Å². The summed E-state index contributed by atoms with van der Waals surface area (Å²) in [5.41, 5.74) is 1.36. The van der Waals surface area contributed by atoms with Gasteiger partial charge in [0.05, 0.1) is 13.0 Å². The normalized spacial score (nSPS) is 10.2. The molecule has 2 aromatic carbocycles. The third kappa shape index (κ3) is 3.56. The minimum Gasteiger partial charge on any atom is -0.481 e. The highest BCUT2D eigenvalue weighted by Gasteiger charge is 2.08. The van der Waals surface area contributed by atoms with Crippen LogP contribution in [0.4, 0.5) is 0 Å². The lowest BCUT2D eigenvalue weighted by atomic mass is 10.1. The third-order valence-corrected chi connectivity index (χ3v) is 2.62. The number of para-hydroxylation sites is 1. The molecule has 4 nitrogen and oxygen atoms in total. The summed E-state index contributed by atoms with van der Waals surface area (Å²) < 4.78 is 5.68. The second-order valence-corrected chi connectivity index (χ2v) is 4.09. The molecule has 98 valence electrons. The molecule has 0 aliphatic rings.